The Bertz CT molecular complexity index is 306. The van der Waals surface area contributed by atoms with Gasteiger partial charge in [0.2, 0.25) is 0 Å². The highest BCUT2D eigenvalue weighted by Gasteiger charge is 2.09. The van der Waals surface area contributed by atoms with Crippen LogP contribution in [-0.2, 0) is 0 Å². The van der Waals surface area contributed by atoms with Crippen LogP contribution in [0.2, 0.25) is 0 Å². The first-order valence-electron chi connectivity index (χ1n) is 6.19. The first-order chi connectivity index (χ1) is 7.79. The van der Waals surface area contributed by atoms with Crippen LogP contribution in [0.4, 0.5) is 5.69 Å². The van der Waals surface area contributed by atoms with Crippen LogP contribution in [-0.4, -0.2) is 12.4 Å². The van der Waals surface area contributed by atoms with Gasteiger partial charge in [-0.15, -0.1) is 0 Å². The summed E-state index contributed by atoms with van der Waals surface area (Å²) < 4.78 is 0. The number of para-hydroxylation sites is 1. The van der Waals surface area contributed by atoms with Gasteiger partial charge >= 0.3 is 0 Å². The van der Waals surface area contributed by atoms with E-state index in [9.17, 15) is 0 Å². The molecule has 0 aliphatic carbocycles. The molecule has 0 atom stereocenters. The Morgan fingerprint density at radius 2 is 1.81 bits per heavy atom. The van der Waals surface area contributed by atoms with Gasteiger partial charge in [0.15, 0.2) is 0 Å². The predicted molar refractivity (Wildman–Crippen MR) is 71.3 cm³/mol. The summed E-state index contributed by atoms with van der Waals surface area (Å²) in [4.78, 5) is 2.13. The molecular formula is C14H22N2. The third-order valence-electron chi connectivity index (χ3n) is 2.62. The highest BCUT2D eigenvalue weighted by atomic mass is 15.2. The van der Waals surface area contributed by atoms with Gasteiger partial charge in [-0.05, 0) is 25.0 Å². The molecular weight excluding hydrogens is 196 g/mol. The number of hydrogen-bond donors (Lipinski definition) is 1. The smallest absolute Gasteiger partial charge is 0.100 e. The lowest BCUT2D eigenvalue weighted by Crippen LogP contribution is -2.30. The quantitative estimate of drug-likeness (QED) is 0.565. The molecule has 0 fully saturated rings. The van der Waals surface area contributed by atoms with Crippen molar-refractivity contribution in [2.45, 2.75) is 39.5 Å². The molecule has 88 valence electrons. The van der Waals surface area contributed by atoms with Gasteiger partial charge in [0, 0.05) is 18.7 Å². The first-order valence-corrected chi connectivity index (χ1v) is 6.19. The van der Waals surface area contributed by atoms with E-state index < -0.39 is 0 Å². The zero-order valence-electron chi connectivity index (χ0n) is 10.4. The lowest BCUT2D eigenvalue weighted by atomic mass is 10.2. The molecule has 1 N–H and O–H groups in total. The topological polar surface area (TPSA) is 27.1 Å². The van der Waals surface area contributed by atoms with Crippen molar-refractivity contribution in [3.63, 3.8) is 0 Å². The largest absolute Gasteiger partial charge is 0.330 e. The fraction of sp³-hybridized carbons (Fsp3) is 0.500. The minimum atomic E-state index is 0.738. The highest BCUT2D eigenvalue weighted by Crippen LogP contribution is 2.16. The van der Waals surface area contributed by atoms with Crippen LogP contribution in [0.1, 0.15) is 39.5 Å². The minimum absolute atomic E-state index is 0.738. The van der Waals surface area contributed by atoms with E-state index in [0.29, 0.717) is 0 Å². The minimum Gasteiger partial charge on any atom is -0.330 e. The lowest BCUT2D eigenvalue weighted by Gasteiger charge is -2.25. The third kappa shape index (κ3) is 3.69. The summed E-state index contributed by atoms with van der Waals surface area (Å²) >= 11 is 0. The van der Waals surface area contributed by atoms with Crippen LogP contribution < -0.4 is 4.90 Å². The van der Waals surface area contributed by atoms with E-state index >= 15 is 0 Å². The van der Waals surface area contributed by atoms with Gasteiger partial charge in [-0.2, -0.15) is 0 Å². The SMILES string of the molecule is CCCCN(C(=N)CCC)c1ccccc1. The zero-order valence-corrected chi connectivity index (χ0v) is 10.4. The monoisotopic (exact) mass is 218 g/mol. The number of benzene rings is 1. The van der Waals surface area contributed by atoms with Crippen molar-refractivity contribution >= 4 is 11.5 Å². The van der Waals surface area contributed by atoms with Crippen molar-refractivity contribution in [2.24, 2.45) is 0 Å². The van der Waals surface area contributed by atoms with Crippen LogP contribution >= 0.6 is 0 Å². The summed E-state index contributed by atoms with van der Waals surface area (Å²) in [5.41, 5.74) is 1.15. The summed E-state index contributed by atoms with van der Waals surface area (Å²) in [6, 6.07) is 10.3. The second-order valence-corrected chi connectivity index (χ2v) is 4.04. The van der Waals surface area contributed by atoms with Crippen LogP contribution in [0.25, 0.3) is 0 Å². The maximum atomic E-state index is 8.09. The molecule has 1 aromatic rings. The molecule has 16 heavy (non-hydrogen) atoms. The predicted octanol–water partition coefficient (Wildman–Crippen LogP) is 4.07. The Labute approximate surface area is 98.8 Å². The molecule has 0 radical (unpaired) electrons. The van der Waals surface area contributed by atoms with E-state index in [4.69, 9.17) is 5.41 Å². The molecule has 0 spiro atoms. The zero-order chi connectivity index (χ0) is 11.8. The normalized spacial score (nSPS) is 10.1. The number of rotatable bonds is 6. The number of anilines is 1. The Morgan fingerprint density at radius 3 is 2.38 bits per heavy atom. The fourth-order valence-electron chi connectivity index (χ4n) is 1.72. The van der Waals surface area contributed by atoms with E-state index in [2.05, 4.69) is 30.9 Å². The van der Waals surface area contributed by atoms with Crippen LogP contribution in [0.3, 0.4) is 0 Å². The standard InChI is InChI=1S/C14H22N2/c1-3-5-12-16(14(15)9-4-2)13-10-7-6-8-11-13/h6-8,10-11,15H,3-5,9,12H2,1-2H3. The molecule has 1 aromatic carbocycles. The summed E-state index contributed by atoms with van der Waals surface area (Å²) in [5, 5.41) is 8.09. The summed E-state index contributed by atoms with van der Waals surface area (Å²) in [7, 11) is 0. The van der Waals surface area contributed by atoms with Gasteiger partial charge in [-0.25, -0.2) is 0 Å². The van der Waals surface area contributed by atoms with Crippen molar-refractivity contribution in [3.05, 3.63) is 30.3 Å². The van der Waals surface area contributed by atoms with Crippen molar-refractivity contribution < 1.29 is 0 Å². The molecule has 0 saturated heterocycles. The lowest BCUT2D eigenvalue weighted by molar-refractivity contribution is 0.783. The summed E-state index contributed by atoms with van der Waals surface area (Å²) in [5.74, 6) is 0.738. The van der Waals surface area contributed by atoms with Gasteiger partial charge in [-0.3, -0.25) is 5.41 Å². The third-order valence-corrected chi connectivity index (χ3v) is 2.62. The van der Waals surface area contributed by atoms with Gasteiger partial charge in [0.1, 0.15) is 5.84 Å². The van der Waals surface area contributed by atoms with E-state index in [1.165, 1.54) is 6.42 Å². The second kappa shape index (κ2) is 7.04. The van der Waals surface area contributed by atoms with Crippen LogP contribution in [0.15, 0.2) is 30.3 Å². The van der Waals surface area contributed by atoms with Crippen LogP contribution in [0.5, 0.6) is 0 Å². The molecule has 0 aliphatic rings. The number of amidine groups is 1. The first kappa shape index (κ1) is 12.8. The van der Waals surface area contributed by atoms with Gasteiger partial charge < -0.3 is 4.90 Å². The van der Waals surface area contributed by atoms with Crippen molar-refractivity contribution in [3.8, 4) is 0 Å². The number of unbranched alkanes of at least 4 members (excludes halogenated alkanes) is 1. The van der Waals surface area contributed by atoms with Gasteiger partial charge in [0.05, 0.1) is 0 Å². The fourth-order valence-corrected chi connectivity index (χ4v) is 1.72. The molecule has 2 nitrogen and oxygen atoms in total. The van der Waals surface area contributed by atoms with Crippen LogP contribution in [0, 0.1) is 5.41 Å². The van der Waals surface area contributed by atoms with Gasteiger partial charge in [-0.1, -0.05) is 38.5 Å². The molecule has 0 amide bonds. The average molecular weight is 218 g/mol. The Kier molecular flexibility index (Phi) is 5.62. The van der Waals surface area contributed by atoms with E-state index in [1.807, 2.05) is 18.2 Å². The van der Waals surface area contributed by atoms with E-state index in [-0.39, 0.29) is 0 Å². The van der Waals surface area contributed by atoms with Crippen molar-refractivity contribution in [2.75, 3.05) is 11.4 Å². The Morgan fingerprint density at radius 1 is 1.12 bits per heavy atom. The maximum Gasteiger partial charge on any atom is 0.100 e. The van der Waals surface area contributed by atoms with Crippen molar-refractivity contribution in [1.82, 2.24) is 0 Å². The summed E-state index contributed by atoms with van der Waals surface area (Å²) in [6.07, 6.45) is 4.20. The Balaban J connectivity index is 2.74. The van der Waals surface area contributed by atoms with E-state index in [0.717, 1.165) is 37.3 Å². The molecule has 0 heterocycles. The molecule has 0 aromatic heterocycles. The van der Waals surface area contributed by atoms with Gasteiger partial charge in [0.25, 0.3) is 0 Å². The summed E-state index contributed by atoms with van der Waals surface area (Å²) in [6.45, 7) is 5.27. The Hall–Kier alpha value is -1.31. The number of nitrogens with one attached hydrogen (secondary N) is 1. The molecule has 2 heteroatoms. The molecule has 0 aliphatic heterocycles. The maximum absolute atomic E-state index is 8.09. The van der Waals surface area contributed by atoms with E-state index in [1.54, 1.807) is 0 Å². The molecule has 0 saturated carbocycles. The number of hydrogen-bond acceptors (Lipinski definition) is 1. The highest BCUT2D eigenvalue weighted by molar-refractivity contribution is 5.95. The molecule has 0 bridgehead atoms. The van der Waals surface area contributed by atoms with Crippen molar-refractivity contribution in [1.29, 1.82) is 5.41 Å². The second-order valence-electron chi connectivity index (χ2n) is 4.04. The average Bonchev–Trinajstić information content (AvgIpc) is 2.31. The molecule has 1 rings (SSSR count). The number of nitrogens with zero attached hydrogens (tertiary/aromatic N) is 1. The molecule has 0 unspecified atom stereocenters.